The quantitative estimate of drug-likeness (QED) is 0.514. The maximum absolute atomic E-state index is 10.1. The summed E-state index contributed by atoms with van der Waals surface area (Å²) in [5.41, 5.74) is 0. The number of carbonyl (C=O) groups excluding carboxylic acids is 1. The Bertz CT molecular complexity index is 370. The molecular formula is C8H4Cl3NaO3. The van der Waals surface area contributed by atoms with E-state index >= 15 is 0 Å². The van der Waals surface area contributed by atoms with Crippen LogP contribution in [0.5, 0.6) is 5.75 Å². The minimum Gasteiger partial charge on any atom is -0.546 e. The van der Waals surface area contributed by atoms with E-state index < -0.39 is 12.6 Å². The van der Waals surface area contributed by atoms with E-state index in [1.165, 1.54) is 12.1 Å². The standard InChI is InChI=1S/C8H5Cl3O3.Na/c9-4-1-6(11)7(2-5(4)10)14-3-8(12)13;/h1-2H,3H2,(H,12,13);/q;+1/p-1. The first-order valence-electron chi connectivity index (χ1n) is 3.48. The molecular weight excluding hydrogens is 273 g/mol. The van der Waals surface area contributed by atoms with Crippen LogP contribution in [0.2, 0.25) is 15.1 Å². The SMILES string of the molecule is O=C([O-])COc1cc(Cl)c(Cl)cc1Cl.[Na+]. The summed E-state index contributed by atoms with van der Waals surface area (Å²) in [4.78, 5) is 10.1. The van der Waals surface area contributed by atoms with E-state index in [0.29, 0.717) is 0 Å². The molecule has 1 aromatic carbocycles. The third-order valence-electron chi connectivity index (χ3n) is 1.32. The molecule has 0 atom stereocenters. The first-order valence-corrected chi connectivity index (χ1v) is 4.61. The normalized spacial score (nSPS) is 9.27. The van der Waals surface area contributed by atoms with Crippen molar-refractivity contribution in [2.24, 2.45) is 0 Å². The van der Waals surface area contributed by atoms with Crippen LogP contribution in [0.15, 0.2) is 12.1 Å². The molecule has 0 amide bonds. The van der Waals surface area contributed by atoms with Gasteiger partial charge in [0.05, 0.1) is 21.0 Å². The molecule has 7 heteroatoms. The van der Waals surface area contributed by atoms with E-state index in [1.54, 1.807) is 0 Å². The molecule has 0 heterocycles. The van der Waals surface area contributed by atoms with Gasteiger partial charge in [-0.2, -0.15) is 0 Å². The van der Waals surface area contributed by atoms with Crippen LogP contribution in [0, 0.1) is 0 Å². The van der Waals surface area contributed by atoms with Crippen LogP contribution in [0.4, 0.5) is 0 Å². The molecule has 1 rings (SSSR count). The molecule has 76 valence electrons. The van der Waals surface area contributed by atoms with Crippen molar-refractivity contribution in [1.82, 2.24) is 0 Å². The Hall–Kier alpha value is 0.360. The fraction of sp³-hybridized carbons (Fsp3) is 0.125. The molecule has 0 aliphatic carbocycles. The van der Waals surface area contributed by atoms with Crippen LogP contribution in [0.3, 0.4) is 0 Å². The summed E-state index contributed by atoms with van der Waals surface area (Å²) < 4.78 is 4.80. The Morgan fingerprint density at radius 1 is 1.20 bits per heavy atom. The van der Waals surface area contributed by atoms with Crippen LogP contribution in [-0.2, 0) is 4.79 Å². The minimum absolute atomic E-state index is 0. The fourth-order valence-electron chi connectivity index (χ4n) is 0.752. The summed E-state index contributed by atoms with van der Waals surface area (Å²) in [5, 5.41) is 10.8. The van der Waals surface area contributed by atoms with Gasteiger partial charge >= 0.3 is 29.6 Å². The molecule has 0 saturated heterocycles. The van der Waals surface area contributed by atoms with Crippen LogP contribution in [-0.4, -0.2) is 12.6 Å². The number of halogens is 3. The van der Waals surface area contributed by atoms with E-state index in [-0.39, 0.29) is 50.4 Å². The van der Waals surface area contributed by atoms with Gasteiger partial charge in [-0.15, -0.1) is 0 Å². The molecule has 0 aliphatic heterocycles. The van der Waals surface area contributed by atoms with Crippen molar-refractivity contribution in [2.45, 2.75) is 0 Å². The molecule has 0 spiro atoms. The second-order valence-electron chi connectivity index (χ2n) is 2.36. The zero-order valence-electron chi connectivity index (χ0n) is 7.72. The monoisotopic (exact) mass is 276 g/mol. The van der Waals surface area contributed by atoms with Crippen LogP contribution in [0.25, 0.3) is 0 Å². The largest absolute Gasteiger partial charge is 1.00 e. The number of carbonyl (C=O) groups is 1. The number of rotatable bonds is 3. The van der Waals surface area contributed by atoms with Gasteiger partial charge in [0.15, 0.2) is 0 Å². The summed E-state index contributed by atoms with van der Waals surface area (Å²) in [6.45, 7) is -0.586. The van der Waals surface area contributed by atoms with Gasteiger partial charge in [0.2, 0.25) is 0 Å². The predicted octanol–water partition coefficient (Wildman–Crippen LogP) is -1.22. The first-order chi connectivity index (χ1) is 6.50. The fourth-order valence-corrected chi connectivity index (χ4v) is 1.34. The molecule has 0 saturated carbocycles. The average molecular weight is 277 g/mol. The van der Waals surface area contributed by atoms with Crippen molar-refractivity contribution in [1.29, 1.82) is 0 Å². The molecule has 0 radical (unpaired) electrons. The summed E-state index contributed by atoms with van der Waals surface area (Å²) in [5.74, 6) is -1.18. The average Bonchev–Trinajstić information content (AvgIpc) is 2.09. The van der Waals surface area contributed by atoms with Crippen LogP contribution in [0.1, 0.15) is 0 Å². The van der Waals surface area contributed by atoms with E-state index in [4.69, 9.17) is 39.5 Å². The van der Waals surface area contributed by atoms with Crippen LogP contribution < -0.4 is 39.4 Å². The second kappa shape index (κ2) is 6.84. The molecule has 0 bridgehead atoms. The zero-order chi connectivity index (χ0) is 10.7. The third-order valence-corrected chi connectivity index (χ3v) is 2.34. The Morgan fingerprint density at radius 3 is 2.27 bits per heavy atom. The summed E-state index contributed by atoms with van der Waals surface area (Å²) in [6, 6.07) is 2.71. The van der Waals surface area contributed by atoms with Gasteiger partial charge in [-0.1, -0.05) is 34.8 Å². The molecule has 0 unspecified atom stereocenters. The van der Waals surface area contributed by atoms with Crippen molar-refractivity contribution in [2.75, 3.05) is 6.61 Å². The van der Waals surface area contributed by atoms with Gasteiger partial charge in [0.1, 0.15) is 12.4 Å². The van der Waals surface area contributed by atoms with Gasteiger partial charge in [0.25, 0.3) is 0 Å². The number of hydrogen-bond acceptors (Lipinski definition) is 3. The summed E-state index contributed by atoms with van der Waals surface area (Å²) in [7, 11) is 0. The first kappa shape index (κ1) is 15.4. The van der Waals surface area contributed by atoms with Gasteiger partial charge in [-0.25, -0.2) is 0 Å². The van der Waals surface area contributed by atoms with Crippen LogP contribution >= 0.6 is 34.8 Å². The third kappa shape index (κ3) is 4.81. The Labute approximate surface area is 124 Å². The Kier molecular flexibility index (Phi) is 7.00. The molecule has 0 N–H and O–H groups in total. The molecule has 3 nitrogen and oxygen atoms in total. The summed E-state index contributed by atoms with van der Waals surface area (Å²) in [6.07, 6.45) is 0. The van der Waals surface area contributed by atoms with Gasteiger partial charge in [-0.05, 0) is 6.07 Å². The maximum atomic E-state index is 10.1. The van der Waals surface area contributed by atoms with E-state index in [9.17, 15) is 9.90 Å². The van der Waals surface area contributed by atoms with Gasteiger partial charge in [-0.3, -0.25) is 0 Å². The molecule has 1 aromatic rings. The smallest absolute Gasteiger partial charge is 0.546 e. The number of carboxylic acid groups (broad SMARTS) is 1. The topological polar surface area (TPSA) is 49.4 Å². The minimum atomic E-state index is -1.34. The number of benzene rings is 1. The number of hydrogen-bond donors (Lipinski definition) is 0. The molecule has 0 fully saturated rings. The summed E-state index contributed by atoms with van der Waals surface area (Å²) >= 11 is 17.0. The molecule has 15 heavy (non-hydrogen) atoms. The van der Waals surface area contributed by atoms with E-state index in [1.807, 2.05) is 0 Å². The maximum Gasteiger partial charge on any atom is 1.00 e. The van der Waals surface area contributed by atoms with Gasteiger partial charge < -0.3 is 14.6 Å². The number of ether oxygens (including phenoxy) is 1. The predicted molar refractivity (Wildman–Crippen MR) is 52.0 cm³/mol. The zero-order valence-corrected chi connectivity index (χ0v) is 12.0. The van der Waals surface area contributed by atoms with Crippen molar-refractivity contribution < 1.29 is 44.2 Å². The second-order valence-corrected chi connectivity index (χ2v) is 3.58. The van der Waals surface area contributed by atoms with Crippen molar-refractivity contribution in [3.63, 3.8) is 0 Å². The Balaban J connectivity index is 0.00000196. The van der Waals surface area contributed by atoms with Gasteiger partial charge in [0, 0.05) is 6.07 Å². The number of carboxylic acids is 1. The number of aliphatic carboxylic acids is 1. The van der Waals surface area contributed by atoms with E-state index in [0.717, 1.165) is 0 Å². The van der Waals surface area contributed by atoms with E-state index in [2.05, 4.69) is 0 Å². The van der Waals surface area contributed by atoms with Crippen molar-refractivity contribution in [3.8, 4) is 5.75 Å². The van der Waals surface area contributed by atoms with Crippen molar-refractivity contribution >= 4 is 40.8 Å². The Morgan fingerprint density at radius 2 is 1.73 bits per heavy atom. The molecule has 0 aliphatic rings. The van der Waals surface area contributed by atoms with Crippen molar-refractivity contribution in [3.05, 3.63) is 27.2 Å². The molecule has 0 aromatic heterocycles.